The number of alkyl halides is 13. The average molecular weight is 404 g/mol. The first-order valence-corrected chi connectivity index (χ1v) is 5.45. The van der Waals surface area contributed by atoms with Crippen molar-refractivity contribution in [2.75, 3.05) is 6.61 Å². The summed E-state index contributed by atoms with van der Waals surface area (Å²) in [5.41, 5.74) is -7.05. The molecule has 0 aromatic rings. The van der Waals surface area contributed by atoms with Crippen molar-refractivity contribution in [1.29, 1.82) is 0 Å². The summed E-state index contributed by atoms with van der Waals surface area (Å²) < 4.78 is 168. The van der Waals surface area contributed by atoms with E-state index in [0.29, 0.717) is 0 Å². The third kappa shape index (κ3) is 3.49. The molecule has 0 heterocycles. The van der Waals surface area contributed by atoms with Gasteiger partial charge in [-0.2, -0.15) is 57.1 Å². The standard InChI is InChI=1S/C10H5F13O2/c1-2-4(24)25-3-5(8(15,16)17,9(18,19)20)6(11,12)7(13,14)10(21,22)23/h2H,1,3H2. The molecule has 0 rings (SSSR count). The molecule has 25 heavy (non-hydrogen) atoms. The van der Waals surface area contributed by atoms with Crippen LogP contribution < -0.4 is 0 Å². The minimum atomic E-state index is -7.82. The Morgan fingerprint density at radius 1 is 0.720 bits per heavy atom. The van der Waals surface area contributed by atoms with Gasteiger partial charge < -0.3 is 4.74 Å². The molecule has 0 aromatic carbocycles. The van der Waals surface area contributed by atoms with Crippen LogP contribution in [0.4, 0.5) is 57.1 Å². The number of halogens is 13. The van der Waals surface area contributed by atoms with E-state index in [4.69, 9.17) is 0 Å². The summed E-state index contributed by atoms with van der Waals surface area (Å²) in [6.45, 7) is -1.11. The molecule has 0 fully saturated rings. The molecular formula is C10H5F13O2. The maximum Gasteiger partial charge on any atom is 0.459 e. The molecule has 0 aliphatic rings. The van der Waals surface area contributed by atoms with Crippen LogP contribution in [0, 0.1) is 5.41 Å². The van der Waals surface area contributed by atoms with Gasteiger partial charge in [0.25, 0.3) is 5.41 Å². The van der Waals surface area contributed by atoms with Crippen molar-refractivity contribution in [2.24, 2.45) is 5.41 Å². The van der Waals surface area contributed by atoms with Gasteiger partial charge in [0.15, 0.2) is 0 Å². The van der Waals surface area contributed by atoms with Crippen molar-refractivity contribution in [3.05, 3.63) is 12.7 Å². The van der Waals surface area contributed by atoms with E-state index < -0.39 is 48.4 Å². The van der Waals surface area contributed by atoms with Crippen molar-refractivity contribution >= 4 is 5.97 Å². The Hall–Kier alpha value is -1.70. The molecule has 0 aromatic heterocycles. The topological polar surface area (TPSA) is 26.3 Å². The Morgan fingerprint density at radius 2 is 1.08 bits per heavy atom. The summed E-state index contributed by atoms with van der Waals surface area (Å²) in [5.74, 6) is -17.8. The average Bonchev–Trinajstić information content (AvgIpc) is 2.33. The van der Waals surface area contributed by atoms with Crippen molar-refractivity contribution in [3.63, 3.8) is 0 Å². The fourth-order valence-corrected chi connectivity index (χ4v) is 1.46. The lowest BCUT2D eigenvalue weighted by Crippen LogP contribution is -2.72. The summed E-state index contributed by atoms with van der Waals surface area (Å²) in [7, 11) is 0. The maximum absolute atomic E-state index is 13.4. The van der Waals surface area contributed by atoms with Crippen LogP contribution in [0.25, 0.3) is 0 Å². The molecule has 15 heteroatoms. The number of rotatable bonds is 5. The monoisotopic (exact) mass is 404 g/mol. The van der Waals surface area contributed by atoms with Crippen molar-refractivity contribution in [3.8, 4) is 0 Å². The van der Waals surface area contributed by atoms with Gasteiger partial charge in [0, 0.05) is 6.08 Å². The highest BCUT2D eigenvalue weighted by Crippen LogP contribution is 2.65. The van der Waals surface area contributed by atoms with Gasteiger partial charge in [-0.25, -0.2) is 4.79 Å². The zero-order chi connectivity index (χ0) is 20.7. The quantitative estimate of drug-likeness (QED) is 0.379. The van der Waals surface area contributed by atoms with Gasteiger partial charge in [0.05, 0.1) is 0 Å². The normalized spacial score (nSPS) is 15.1. The number of carbonyl (C=O) groups excluding carboxylic acids is 1. The fraction of sp³-hybridized carbons (Fsp3) is 0.700. The fourth-order valence-electron chi connectivity index (χ4n) is 1.46. The van der Waals surface area contributed by atoms with E-state index in [1.807, 2.05) is 0 Å². The molecule has 0 saturated heterocycles. The maximum atomic E-state index is 13.4. The Balaban J connectivity index is 6.76. The highest BCUT2D eigenvalue weighted by molar-refractivity contribution is 5.81. The molecule has 0 bridgehead atoms. The third-order valence-electron chi connectivity index (χ3n) is 2.85. The molecule has 148 valence electrons. The Labute approximate surface area is 129 Å². The number of hydrogen-bond acceptors (Lipinski definition) is 2. The minimum absolute atomic E-state index is 0.127. The van der Waals surface area contributed by atoms with E-state index in [9.17, 15) is 61.9 Å². The van der Waals surface area contributed by atoms with Gasteiger partial charge in [-0.05, 0) is 0 Å². The molecule has 0 saturated carbocycles. The van der Waals surface area contributed by atoms with E-state index in [0.717, 1.165) is 0 Å². The van der Waals surface area contributed by atoms with E-state index in [-0.39, 0.29) is 6.08 Å². The van der Waals surface area contributed by atoms with E-state index in [1.54, 1.807) is 0 Å². The molecule has 0 radical (unpaired) electrons. The highest BCUT2D eigenvalue weighted by atomic mass is 19.4. The van der Waals surface area contributed by atoms with Crippen LogP contribution in [0.3, 0.4) is 0 Å². The van der Waals surface area contributed by atoms with Gasteiger partial charge in [0.1, 0.15) is 6.61 Å². The van der Waals surface area contributed by atoms with Crippen molar-refractivity contribution in [2.45, 2.75) is 30.4 Å². The molecule has 0 aliphatic heterocycles. The molecule has 0 spiro atoms. The molecule has 0 amide bonds. The molecule has 0 atom stereocenters. The molecule has 0 aliphatic carbocycles. The van der Waals surface area contributed by atoms with Crippen LogP contribution in [0.5, 0.6) is 0 Å². The van der Waals surface area contributed by atoms with E-state index in [1.165, 1.54) is 0 Å². The van der Waals surface area contributed by atoms with Crippen molar-refractivity contribution < 1.29 is 66.6 Å². The van der Waals surface area contributed by atoms with E-state index in [2.05, 4.69) is 11.3 Å². The number of ether oxygens (including phenoxy) is 1. The molecule has 0 N–H and O–H groups in total. The lowest BCUT2D eigenvalue weighted by molar-refractivity contribution is -0.464. The molecular weight excluding hydrogens is 399 g/mol. The number of carbonyl (C=O) groups is 1. The van der Waals surface area contributed by atoms with Gasteiger partial charge in [0.2, 0.25) is 0 Å². The third-order valence-corrected chi connectivity index (χ3v) is 2.85. The van der Waals surface area contributed by atoms with Crippen LogP contribution in [0.15, 0.2) is 12.7 Å². The largest absolute Gasteiger partial charge is 0.461 e. The van der Waals surface area contributed by atoms with Crippen LogP contribution in [0.2, 0.25) is 0 Å². The summed E-state index contributed by atoms with van der Waals surface area (Å²) >= 11 is 0. The highest BCUT2D eigenvalue weighted by Gasteiger charge is 2.92. The first kappa shape index (κ1) is 23.3. The smallest absolute Gasteiger partial charge is 0.459 e. The lowest BCUT2D eigenvalue weighted by atomic mass is 9.76. The van der Waals surface area contributed by atoms with Gasteiger partial charge >= 0.3 is 36.3 Å². The predicted octanol–water partition coefficient (Wildman–Crippen LogP) is 4.66. The summed E-state index contributed by atoms with van der Waals surface area (Å²) in [6, 6.07) is 0. The van der Waals surface area contributed by atoms with Gasteiger partial charge in [-0.1, -0.05) is 6.58 Å². The van der Waals surface area contributed by atoms with Gasteiger partial charge in [-0.3, -0.25) is 0 Å². The summed E-state index contributed by atoms with van der Waals surface area (Å²) in [4.78, 5) is 10.6. The minimum Gasteiger partial charge on any atom is -0.461 e. The van der Waals surface area contributed by atoms with Gasteiger partial charge in [-0.15, -0.1) is 0 Å². The van der Waals surface area contributed by atoms with Crippen LogP contribution in [-0.2, 0) is 9.53 Å². The number of hydrogen-bond donors (Lipinski definition) is 0. The second kappa shape index (κ2) is 6.23. The Morgan fingerprint density at radius 3 is 1.32 bits per heavy atom. The summed E-state index contributed by atoms with van der Waals surface area (Å²) in [6.07, 6.45) is -22.5. The van der Waals surface area contributed by atoms with Crippen LogP contribution in [0.1, 0.15) is 0 Å². The number of esters is 1. The van der Waals surface area contributed by atoms with Crippen LogP contribution >= 0.6 is 0 Å². The van der Waals surface area contributed by atoms with E-state index >= 15 is 0 Å². The second-order valence-electron chi connectivity index (χ2n) is 4.36. The second-order valence-corrected chi connectivity index (χ2v) is 4.36. The van der Waals surface area contributed by atoms with Crippen LogP contribution in [-0.4, -0.2) is 43.0 Å². The van der Waals surface area contributed by atoms with Crippen molar-refractivity contribution in [1.82, 2.24) is 0 Å². The Kier molecular flexibility index (Phi) is 5.81. The SMILES string of the molecule is C=CC(=O)OCC(C(F)(F)F)(C(F)(F)F)C(F)(F)C(F)(F)C(F)(F)F. The predicted molar refractivity (Wildman–Crippen MR) is 51.6 cm³/mol. The molecule has 0 unspecified atom stereocenters. The summed E-state index contributed by atoms with van der Waals surface area (Å²) in [5, 5.41) is 0. The first-order chi connectivity index (χ1) is 10.7. The molecule has 2 nitrogen and oxygen atoms in total. The Bertz CT molecular complexity index is 496. The zero-order valence-electron chi connectivity index (χ0n) is 11.2. The first-order valence-electron chi connectivity index (χ1n) is 5.45. The zero-order valence-corrected chi connectivity index (χ0v) is 11.2. The lowest BCUT2D eigenvalue weighted by Gasteiger charge is -2.44.